The molecular formula is C14H11Cl2FOS. The maximum Gasteiger partial charge on any atom is 0.128 e. The summed E-state index contributed by atoms with van der Waals surface area (Å²) in [6.45, 7) is 0. The SMILES string of the molecule is O=[S@](Cc1ccc(Cl)cc1)Cc1c(F)cccc1Cl. The summed E-state index contributed by atoms with van der Waals surface area (Å²) in [5, 5.41) is 0.941. The van der Waals surface area contributed by atoms with Gasteiger partial charge in [0, 0.05) is 32.2 Å². The smallest absolute Gasteiger partial charge is 0.128 e. The van der Waals surface area contributed by atoms with E-state index in [0.29, 0.717) is 21.4 Å². The molecule has 0 heterocycles. The van der Waals surface area contributed by atoms with E-state index in [1.807, 2.05) is 12.1 Å². The highest BCUT2D eigenvalue weighted by Gasteiger charge is 2.11. The minimum absolute atomic E-state index is 0.105. The fourth-order valence-electron chi connectivity index (χ4n) is 1.65. The summed E-state index contributed by atoms with van der Waals surface area (Å²) in [6, 6.07) is 11.5. The van der Waals surface area contributed by atoms with Crippen LogP contribution in [0.3, 0.4) is 0 Å². The zero-order chi connectivity index (χ0) is 13.8. The molecule has 5 heteroatoms. The number of halogens is 3. The molecule has 0 aliphatic rings. The molecular weight excluding hydrogens is 306 g/mol. The van der Waals surface area contributed by atoms with Gasteiger partial charge in [0.2, 0.25) is 0 Å². The fraction of sp³-hybridized carbons (Fsp3) is 0.143. The van der Waals surface area contributed by atoms with Gasteiger partial charge in [-0.05, 0) is 29.8 Å². The standard InChI is InChI=1S/C14H11Cl2FOS/c15-11-6-4-10(5-7-11)8-19(18)9-12-13(16)2-1-3-14(12)17/h1-7H,8-9H2/t19-/m1/s1. The van der Waals surface area contributed by atoms with E-state index in [1.165, 1.54) is 12.1 Å². The maximum atomic E-state index is 13.6. The van der Waals surface area contributed by atoms with Crippen LogP contribution in [0.15, 0.2) is 42.5 Å². The molecule has 0 bridgehead atoms. The molecule has 0 saturated carbocycles. The Morgan fingerprint density at radius 2 is 1.68 bits per heavy atom. The van der Waals surface area contributed by atoms with E-state index in [-0.39, 0.29) is 5.75 Å². The Morgan fingerprint density at radius 1 is 1.00 bits per heavy atom. The molecule has 2 aromatic rings. The predicted octanol–water partition coefficient (Wildman–Crippen LogP) is 4.58. The van der Waals surface area contributed by atoms with Crippen molar-refractivity contribution in [1.29, 1.82) is 0 Å². The van der Waals surface area contributed by atoms with Gasteiger partial charge < -0.3 is 0 Å². The van der Waals surface area contributed by atoms with Crippen LogP contribution in [0.5, 0.6) is 0 Å². The molecule has 0 aromatic heterocycles. The highest BCUT2D eigenvalue weighted by atomic mass is 35.5. The number of benzene rings is 2. The minimum Gasteiger partial charge on any atom is -0.259 e. The summed E-state index contributed by atoms with van der Waals surface area (Å²) in [4.78, 5) is 0. The van der Waals surface area contributed by atoms with Crippen LogP contribution < -0.4 is 0 Å². The summed E-state index contributed by atoms with van der Waals surface area (Å²) in [5.41, 5.74) is 1.20. The Hall–Kier alpha value is -0.900. The van der Waals surface area contributed by atoms with E-state index in [2.05, 4.69) is 0 Å². The molecule has 0 radical (unpaired) electrons. The van der Waals surface area contributed by atoms with Gasteiger partial charge in [-0.2, -0.15) is 0 Å². The first-order valence-corrected chi connectivity index (χ1v) is 7.83. The van der Waals surface area contributed by atoms with Crippen LogP contribution in [0, 0.1) is 5.82 Å². The van der Waals surface area contributed by atoms with Crippen LogP contribution in [-0.2, 0) is 22.3 Å². The molecule has 19 heavy (non-hydrogen) atoms. The van der Waals surface area contributed by atoms with E-state index >= 15 is 0 Å². The van der Waals surface area contributed by atoms with Crippen LogP contribution in [0.25, 0.3) is 0 Å². The third-order valence-corrected chi connectivity index (χ3v) is 4.48. The van der Waals surface area contributed by atoms with Crippen molar-refractivity contribution >= 4 is 34.0 Å². The molecule has 0 N–H and O–H groups in total. The van der Waals surface area contributed by atoms with Crippen molar-refractivity contribution in [2.45, 2.75) is 11.5 Å². The molecule has 0 amide bonds. The van der Waals surface area contributed by atoms with Crippen LogP contribution in [0.4, 0.5) is 4.39 Å². The Balaban J connectivity index is 2.07. The number of rotatable bonds is 4. The van der Waals surface area contributed by atoms with Gasteiger partial charge in [-0.25, -0.2) is 4.39 Å². The zero-order valence-corrected chi connectivity index (χ0v) is 12.2. The molecule has 100 valence electrons. The minimum atomic E-state index is -1.22. The van der Waals surface area contributed by atoms with Gasteiger partial charge in [-0.15, -0.1) is 0 Å². The van der Waals surface area contributed by atoms with Crippen molar-refractivity contribution in [3.8, 4) is 0 Å². The number of hydrogen-bond donors (Lipinski definition) is 0. The lowest BCUT2D eigenvalue weighted by Gasteiger charge is -2.06. The molecule has 0 aliphatic carbocycles. The van der Waals surface area contributed by atoms with Gasteiger partial charge >= 0.3 is 0 Å². The van der Waals surface area contributed by atoms with Gasteiger partial charge in [-0.3, -0.25) is 4.21 Å². The van der Waals surface area contributed by atoms with Crippen molar-refractivity contribution in [3.63, 3.8) is 0 Å². The first-order valence-electron chi connectivity index (χ1n) is 5.58. The lowest BCUT2D eigenvalue weighted by Crippen LogP contribution is -2.02. The molecule has 1 atom stereocenters. The van der Waals surface area contributed by atoms with Crippen molar-refractivity contribution in [2.24, 2.45) is 0 Å². The van der Waals surface area contributed by atoms with Crippen LogP contribution in [0.2, 0.25) is 10.0 Å². The quantitative estimate of drug-likeness (QED) is 0.806. The molecule has 0 unspecified atom stereocenters. The normalized spacial score (nSPS) is 12.4. The first-order chi connectivity index (χ1) is 9.06. The fourth-order valence-corrected chi connectivity index (χ4v) is 3.37. The third-order valence-electron chi connectivity index (χ3n) is 2.61. The summed E-state index contributed by atoms with van der Waals surface area (Å²) in [7, 11) is -1.22. The largest absolute Gasteiger partial charge is 0.259 e. The van der Waals surface area contributed by atoms with E-state index in [1.54, 1.807) is 18.2 Å². The molecule has 0 saturated heterocycles. The topological polar surface area (TPSA) is 17.1 Å². The highest BCUT2D eigenvalue weighted by molar-refractivity contribution is 7.83. The second-order valence-corrected chi connectivity index (χ2v) is 6.36. The number of hydrogen-bond acceptors (Lipinski definition) is 1. The van der Waals surface area contributed by atoms with Crippen LogP contribution in [0.1, 0.15) is 11.1 Å². The van der Waals surface area contributed by atoms with Gasteiger partial charge in [-0.1, -0.05) is 41.4 Å². The molecule has 2 aromatic carbocycles. The average molecular weight is 317 g/mol. The van der Waals surface area contributed by atoms with E-state index in [9.17, 15) is 8.60 Å². The van der Waals surface area contributed by atoms with Crippen molar-refractivity contribution in [1.82, 2.24) is 0 Å². The average Bonchev–Trinajstić information content (AvgIpc) is 2.37. The van der Waals surface area contributed by atoms with E-state index in [0.717, 1.165) is 5.56 Å². The second kappa shape index (κ2) is 6.51. The molecule has 0 fully saturated rings. The molecule has 2 rings (SSSR count). The van der Waals surface area contributed by atoms with E-state index < -0.39 is 16.6 Å². The van der Waals surface area contributed by atoms with Crippen molar-refractivity contribution in [2.75, 3.05) is 0 Å². The Kier molecular flexibility index (Phi) is 4.97. The first kappa shape index (κ1) is 14.5. The molecule has 0 aliphatic heterocycles. The van der Waals surface area contributed by atoms with Crippen LogP contribution >= 0.6 is 23.2 Å². The molecule has 1 nitrogen and oxygen atoms in total. The van der Waals surface area contributed by atoms with Crippen molar-refractivity contribution in [3.05, 3.63) is 69.5 Å². The Labute approximate surface area is 123 Å². The summed E-state index contributed by atoms with van der Waals surface area (Å²) < 4.78 is 25.6. The second-order valence-electron chi connectivity index (χ2n) is 4.06. The van der Waals surface area contributed by atoms with Gasteiger partial charge in [0.25, 0.3) is 0 Å². The Morgan fingerprint density at radius 3 is 2.32 bits per heavy atom. The van der Waals surface area contributed by atoms with Gasteiger partial charge in [0.05, 0.1) is 5.75 Å². The van der Waals surface area contributed by atoms with Crippen molar-refractivity contribution < 1.29 is 8.60 Å². The monoisotopic (exact) mass is 316 g/mol. The highest BCUT2D eigenvalue weighted by Crippen LogP contribution is 2.21. The summed E-state index contributed by atoms with van der Waals surface area (Å²) in [6.07, 6.45) is 0. The summed E-state index contributed by atoms with van der Waals surface area (Å²) >= 11 is 11.7. The van der Waals surface area contributed by atoms with E-state index in [4.69, 9.17) is 23.2 Å². The molecule has 0 spiro atoms. The third kappa shape index (κ3) is 4.03. The summed E-state index contributed by atoms with van der Waals surface area (Å²) in [5.74, 6) is 0.0348. The Bertz CT molecular complexity index is 579. The lowest BCUT2D eigenvalue weighted by molar-refractivity contribution is 0.615. The van der Waals surface area contributed by atoms with Gasteiger partial charge in [0.1, 0.15) is 5.82 Å². The van der Waals surface area contributed by atoms with Crippen LogP contribution in [-0.4, -0.2) is 4.21 Å². The maximum absolute atomic E-state index is 13.6. The van der Waals surface area contributed by atoms with Gasteiger partial charge in [0.15, 0.2) is 0 Å². The predicted molar refractivity (Wildman–Crippen MR) is 78.4 cm³/mol. The lowest BCUT2D eigenvalue weighted by atomic mass is 10.2. The zero-order valence-electron chi connectivity index (χ0n) is 9.91.